The fraction of sp³-hybridized carbons (Fsp3) is 0.611. The Hall–Kier alpha value is -1.75. The highest BCUT2D eigenvalue weighted by molar-refractivity contribution is 5.80. The van der Waals surface area contributed by atoms with E-state index in [1.807, 2.05) is 18.2 Å². The van der Waals surface area contributed by atoms with Gasteiger partial charge in [0.2, 0.25) is 0 Å². The summed E-state index contributed by atoms with van der Waals surface area (Å²) in [7, 11) is 1.61. The Morgan fingerprint density at radius 3 is 2.74 bits per heavy atom. The summed E-state index contributed by atoms with van der Waals surface area (Å²) in [5, 5.41) is 2.95. The summed E-state index contributed by atoms with van der Waals surface area (Å²) in [5.41, 5.74) is 0. The van der Waals surface area contributed by atoms with Gasteiger partial charge in [-0.15, -0.1) is 0 Å². The number of carbonyl (C=O) groups is 1. The molecule has 1 fully saturated rings. The van der Waals surface area contributed by atoms with Gasteiger partial charge in [-0.05, 0) is 58.0 Å². The molecular formula is C18H28N2O3. The topological polar surface area (TPSA) is 50.8 Å². The maximum atomic E-state index is 12.1. The van der Waals surface area contributed by atoms with Crippen LogP contribution in [0.15, 0.2) is 24.3 Å². The van der Waals surface area contributed by atoms with E-state index < -0.39 is 6.10 Å². The zero-order valence-corrected chi connectivity index (χ0v) is 14.2. The van der Waals surface area contributed by atoms with Crippen molar-refractivity contribution in [3.63, 3.8) is 0 Å². The molecule has 0 radical (unpaired) electrons. The molecule has 0 aromatic heterocycles. The average molecular weight is 320 g/mol. The minimum Gasteiger partial charge on any atom is -0.497 e. The van der Waals surface area contributed by atoms with Crippen molar-refractivity contribution in [1.82, 2.24) is 10.2 Å². The lowest BCUT2D eigenvalue weighted by molar-refractivity contribution is -0.127. The van der Waals surface area contributed by atoms with Gasteiger partial charge in [0.05, 0.1) is 7.11 Å². The van der Waals surface area contributed by atoms with Crippen LogP contribution in [0.2, 0.25) is 0 Å². The molecule has 1 amide bonds. The number of piperidine rings is 1. The fourth-order valence-corrected chi connectivity index (χ4v) is 2.77. The number of amides is 1. The van der Waals surface area contributed by atoms with E-state index >= 15 is 0 Å². The van der Waals surface area contributed by atoms with Gasteiger partial charge in [-0.1, -0.05) is 12.5 Å². The number of hydrogen-bond donors (Lipinski definition) is 1. The predicted molar refractivity (Wildman–Crippen MR) is 91.0 cm³/mol. The summed E-state index contributed by atoms with van der Waals surface area (Å²) < 4.78 is 10.8. The number of benzene rings is 1. The van der Waals surface area contributed by atoms with E-state index in [9.17, 15) is 4.79 Å². The number of methoxy groups -OCH3 is 1. The van der Waals surface area contributed by atoms with Gasteiger partial charge in [0.25, 0.3) is 5.91 Å². The minimum absolute atomic E-state index is 0.0773. The van der Waals surface area contributed by atoms with Gasteiger partial charge in [0.15, 0.2) is 6.10 Å². The molecule has 5 nitrogen and oxygen atoms in total. The van der Waals surface area contributed by atoms with Gasteiger partial charge in [0, 0.05) is 12.6 Å². The third-order valence-electron chi connectivity index (χ3n) is 4.12. The first kappa shape index (κ1) is 17.6. The van der Waals surface area contributed by atoms with Crippen LogP contribution in [0, 0.1) is 0 Å². The third kappa shape index (κ3) is 6.10. The van der Waals surface area contributed by atoms with Crippen LogP contribution < -0.4 is 14.8 Å². The molecule has 0 spiro atoms. The number of carbonyl (C=O) groups excluding carboxylic acids is 1. The predicted octanol–water partition coefficient (Wildman–Crippen LogP) is 2.45. The number of ether oxygens (including phenoxy) is 2. The highest BCUT2D eigenvalue weighted by Gasteiger charge is 2.15. The van der Waals surface area contributed by atoms with E-state index in [4.69, 9.17) is 9.47 Å². The van der Waals surface area contributed by atoms with Crippen molar-refractivity contribution in [2.24, 2.45) is 0 Å². The standard InChI is InChI=1S/C18H28N2O3/c1-15(23-17-9-6-8-16(14-17)22-2)18(21)19-10-7-13-20-11-4-3-5-12-20/h6,8-9,14-15H,3-5,7,10-13H2,1-2H3,(H,19,21)/t15-/m1/s1. The third-order valence-corrected chi connectivity index (χ3v) is 4.12. The molecule has 128 valence electrons. The van der Waals surface area contributed by atoms with Crippen molar-refractivity contribution in [3.05, 3.63) is 24.3 Å². The molecule has 0 bridgehead atoms. The van der Waals surface area contributed by atoms with Crippen LogP contribution in [0.5, 0.6) is 11.5 Å². The lowest BCUT2D eigenvalue weighted by Crippen LogP contribution is -2.38. The number of likely N-dealkylation sites (tertiary alicyclic amines) is 1. The Balaban J connectivity index is 1.65. The van der Waals surface area contributed by atoms with Gasteiger partial charge >= 0.3 is 0 Å². The summed E-state index contributed by atoms with van der Waals surface area (Å²) in [4.78, 5) is 14.6. The highest BCUT2D eigenvalue weighted by atomic mass is 16.5. The molecule has 23 heavy (non-hydrogen) atoms. The zero-order valence-electron chi connectivity index (χ0n) is 14.2. The van der Waals surface area contributed by atoms with Crippen molar-refractivity contribution < 1.29 is 14.3 Å². The lowest BCUT2D eigenvalue weighted by Gasteiger charge is -2.26. The van der Waals surface area contributed by atoms with E-state index in [-0.39, 0.29) is 5.91 Å². The largest absolute Gasteiger partial charge is 0.497 e. The molecular weight excluding hydrogens is 292 g/mol. The second-order valence-corrected chi connectivity index (χ2v) is 5.99. The molecule has 1 aromatic rings. The van der Waals surface area contributed by atoms with Crippen molar-refractivity contribution in [2.75, 3.05) is 33.3 Å². The summed E-state index contributed by atoms with van der Waals surface area (Å²) >= 11 is 0. The Morgan fingerprint density at radius 1 is 1.26 bits per heavy atom. The van der Waals surface area contributed by atoms with Crippen LogP contribution in [-0.2, 0) is 4.79 Å². The molecule has 1 saturated heterocycles. The number of hydrogen-bond acceptors (Lipinski definition) is 4. The zero-order chi connectivity index (χ0) is 16.5. The maximum absolute atomic E-state index is 12.1. The Bertz CT molecular complexity index is 487. The molecule has 1 heterocycles. The number of nitrogens with one attached hydrogen (secondary N) is 1. The molecule has 1 atom stereocenters. The van der Waals surface area contributed by atoms with Crippen LogP contribution in [0.1, 0.15) is 32.6 Å². The molecule has 1 aliphatic heterocycles. The van der Waals surface area contributed by atoms with E-state index in [0.717, 1.165) is 18.7 Å². The molecule has 1 aromatic carbocycles. The van der Waals surface area contributed by atoms with Gasteiger partial charge in [-0.2, -0.15) is 0 Å². The van der Waals surface area contributed by atoms with E-state index in [2.05, 4.69) is 10.2 Å². The van der Waals surface area contributed by atoms with E-state index in [1.54, 1.807) is 20.1 Å². The van der Waals surface area contributed by atoms with Crippen LogP contribution in [-0.4, -0.2) is 50.2 Å². The Morgan fingerprint density at radius 2 is 2.00 bits per heavy atom. The quantitative estimate of drug-likeness (QED) is 0.748. The van der Waals surface area contributed by atoms with Crippen LogP contribution in [0.3, 0.4) is 0 Å². The van der Waals surface area contributed by atoms with Crippen LogP contribution in [0.4, 0.5) is 0 Å². The number of rotatable bonds is 8. The maximum Gasteiger partial charge on any atom is 0.260 e. The molecule has 0 saturated carbocycles. The highest BCUT2D eigenvalue weighted by Crippen LogP contribution is 2.19. The second-order valence-electron chi connectivity index (χ2n) is 5.99. The molecule has 0 unspecified atom stereocenters. The monoisotopic (exact) mass is 320 g/mol. The molecule has 0 aliphatic carbocycles. The SMILES string of the molecule is COc1cccc(O[C@H](C)C(=O)NCCCN2CCCCC2)c1. The van der Waals surface area contributed by atoms with Gasteiger partial charge in [-0.3, -0.25) is 4.79 Å². The Labute approximate surface area is 139 Å². The number of nitrogens with zero attached hydrogens (tertiary/aromatic N) is 1. The summed E-state index contributed by atoms with van der Waals surface area (Å²) in [6.45, 7) is 5.92. The Kier molecular flexibility index (Phi) is 7.20. The lowest BCUT2D eigenvalue weighted by atomic mass is 10.1. The van der Waals surface area contributed by atoms with Crippen LogP contribution >= 0.6 is 0 Å². The van der Waals surface area contributed by atoms with Crippen LogP contribution in [0.25, 0.3) is 0 Å². The second kappa shape index (κ2) is 9.40. The van der Waals surface area contributed by atoms with Gasteiger partial charge in [-0.25, -0.2) is 0 Å². The fourth-order valence-electron chi connectivity index (χ4n) is 2.77. The molecule has 5 heteroatoms. The van der Waals surface area contributed by atoms with Gasteiger partial charge < -0.3 is 19.7 Å². The summed E-state index contributed by atoms with van der Waals surface area (Å²) in [6, 6.07) is 7.29. The average Bonchev–Trinajstić information content (AvgIpc) is 2.59. The molecule has 2 rings (SSSR count). The first-order chi connectivity index (χ1) is 11.2. The van der Waals surface area contributed by atoms with E-state index in [1.165, 1.54) is 32.4 Å². The van der Waals surface area contributed by atoms with Gasteiger partial charge in [0.1, 0.15) is 11.5 Å². The van der Waals surface area contributed by atoms with Crippen molar-refractivity contribution in [1.29, 1.82) is 0 Å². The first-order valence-electron chi connectivity index (χ1n) is 8.50. The van der Waals surface area contributed by atoms with Crippen molar-refractivity contribution >= 4 is 5.91 Å². The summed E-state index contributed by atoms with van der Waals surface area (Å²) in [5.74, 6) is 1.28. The normalized spacial score (nSPS) is 16.6. The molecule has 1 N–H and O–H groups in total. The first-order valence-corrected chi connectivity index (χ1v) is 8.50. The van der Waals surface area contributed by atoms with E-state index in [0.29, 0.717) is 12.3 Å². The summed E-state index contributed by atoms with van der Waals surface area (Å²) in [6.07, 6.45) is 4.43. The minimum atomic E-state index is -0.517. The van der Waals surface area contributed by atoms with Crippen molar-refractivity contribution in [2.45, 2.75) is 38.7 Å². The molecule has 1 aliphatic rings. The smallest absolute Gasteiger partial charge is 0.260 e. The van der Waals surface area contributed by atoms with Crippen molar-refractivity contribution in [3.8, 4) is 11.5 Å².